The lowest BCUT2D eigenvalue weighted by atomic mass is 9.76. The Morgan fingerprint density at radius 1 is 0.792 bits per heavy atom. The van der Waals surface area contributed by atoms with Crippen LogP contribution in [-0.4, -0.2) is 139 Å². The predicted octanol–water partition coefficient (Wildman–Crippen LogP) is 1.91. The van der Waals surface area contributed by atoms with Gasteiger partial charge in [0.1, 0.15) is 18.3 Å². The summed E-state index contributed by atoms with van der Waals surface area (Å²) in [6.07, 6.45) is -7.15. The van der Waals surface area contributed by atoms with Crippen molar-refractivity contribution < 1.29 is 58.1 Å². The predicted molar refractivity (Wildman–Crippen MR) is 174 cm³/mol. The Morgan fingerprint density at radius 3 is 2.02 bits per heavy atom. The van der Waals surface area contributed by atoms with Gasteiger partial charge in [-0.15, -0.1) is 0 Å². The Kier molecular flexibility index (Phi) is 13.1. The average Bonchev–Trinajstić information content (AvgIpc) is 3.82. The summed E-state index contributed by atoms with van der Waals surface area (Å²) >= 11 is 0. The molecule has 0 aromatic rings. The summed E-state index contributed by atoms with van der Waals surface area (Å²) in [5.41, 5.74) is -1.10. The van der Waals surface area contributed by atoms with Gasteiger partial charge in [-0.2, -0.15) is 0 Å². The normalized spacial score (nSPS) is 49.9. The van der Waals surface area contributed by atoms with Crippen LogP contribution >= 0.6 is 0 Å². The molecule has 13 nitrogen and oxygen atoms in total. The summed E-state index contributed by atoms with van der Waals surface area (Å²) < 4.78 is 43.0. The lowest BCUT2D eigenvalue weighted by Crippen LogP contribution is -2.57. The van der Waals surface area contributed by atoms with Crippen molar-refractivity contribution in [1.82, 2.24) is 4.90 Å². The van der Waals surface area contributed by atoms with E-state index in [0.717, 1.165) is 0 Å². The van der Waals surface area contributed by atoms with Gasteiger partial charge >= 0.3 is 5.97 Å². The molecule has 4 rings (SSSR count). The van der Waals surface area contributed by atoms with E-state index in [1.807, 2.05) is 39.8 Å². The van der Waals surface area contributed by atoms with Gasteiger partial charge in [0.15, 0.2) is 24.0 Å². The summed E-state index contributed by atoms with van der Waals surface area (Å²) in [7, 11) is 5.32. The first-order chi connectivity index (χ1) is 22.4. The lowest BCUT2D eigenvalue weighted by Gasteiger charge is -2.46. The highest BCUT2D eigenvalue weighted by Crippen LogP contribution is 2.43. The highest BCUT2D eigenvalue weighted by molar-refractivity contribution is 5.92. The number of Topliss-reactive ketones (excluding diaryl/α,β-unsaturated/α-hetero) is 1. The fraction of sp³-hybridized carbons (Fsp3) is 0.943. The lowest BCUT2D eigenvalue weighted by molar-refractivity contribution is -0.299. The molecule has 4 aliphatic heterocycles. The van der Waals surface area contributed by atoms with Gasteiger partial charge in [-0.25, -0.2) is 0 Å². The summed E-state index contributed by atoms with van der Waals surface area (Å²) in [6.45, 7) is 14.6. The molecule has 13 heteroatoms. The third kappa shape index (κ3) is 8.43. The van der Waals surface area contributed by atoms with Crippen LogP contribution in [0.4, 0.5) is 0 Å². The van der Waals surface area contributed by atoms with Crippen LogP contribution in [0.15, 0.2) is 0 Å². The molecule has 18 atom stereocenters. The first kappa shape index (κ1) is 39.5. The van der Waals surface area contributed by atoms with Crippen LogP contribution in [0.2, 0.25) is 0 Å². The number of ketones is 1. The van der Waals surface area contributed by atoms with Crippen LogP contribution in [0.25, 0.3) is 0 Å². The fourth-order valence-corrected chi connectivity index (χ4v) is 7.89. The number of methoxy groups -OCH3 is 1. The third-order valence-corrected chi connectivity index (χ3v) is 11.4. The Balaban J connectivity index is 1.75. The first-order valence-corrected chi connectivity index (χ1v) is 17.7. The van der Waals surface area contributed by atoms with E-state index < -0.39 is 96.7 Å². The Morgan fingerprint density at radius 2 is 1.44 bits per heavy atom. The van der Waals surface area contributed by atoms with Crippen molar-refractivity contribution in [2.24, 2.45) is 29.6 Å². The molecular weight excluding hydrogens is 626 g/mol. The third-order valence-electron chi connectivity index (χ3n) is 11.4. The number of hydrogen-bond acceptors (Lipinski definition) is 13. The van der Waals surface area contributed by atoms with Crippen molar-refractivity contribution in [2.75, 3.05) is 27.8 Å². The Hall–Kier alpha value is -1.26. The minimum atomic E-state index is -1.10. The minimum Gasteiger partial charge on any atom is -0.462 e. The molecule has 4 fully saturated rings. The second-order valence-corrected chi connectivity index (χ2v) is 15.3. The van der Waals surface area contributed by atoms with E-state index in [2.05, 4.69) is 0 Å². The van der Waals surface area contributed by atoms with Gasteiger partial charge in [-0.3, -0.25) is 9.59 Å². The molecule has 0 aliphatic carbocycles. The molecule has 4 saturated heterocycles. The number of hydrogen-bond donors (Lipinski definition) is 3. The minimum absolute atomic E-state index is 0.198. The van der Waals surface area contributed by atoms with E-state index in [4.69, 9.17) is 33.2 Å². The SMILES string of the molecule is CO[C@H]1C[C@H](O[C@H]2[C@H](C)[C@@H](OC3O[C@H](C)C[C@H](N(C)C)[C@H]3O)[C@@H](C)C[C@]3(CO3)C(=O)[C@H](C)[C@@H](O)[C@@H](C)[C@@H](C)OC(=O)[C@@H]2C)O[C@@H](C)[C@@H]1O. The van der Waals surface area contributed by atoms with Crippen LogP contribution < -0.4 is 0 Å². The summed E-state index contributed by atoms with van der Waals surface area (Å²) in [5, 5.41) is 33.3. The molecule has 1 unspecified atom stereocenters. The number of carbonyl (C=O) groups is 2. The number of aliphatic hydroxyl groups excluding tert-OH is 3. The van der Waals surface area contributed by atoms with E-state index in [9.17, 15) is 24.9 Å². The molecule has 4 aliphatic rings. The van der Waals surface area contributed by atoms with Crippen LogP contribution in [0.1, 0.15) is 74.7 Å². The molecule has 1 spiro atoms. The van der Waals surface area contributed by atoms with Gasteiger partial charge in [0, 0.05) is 37.3 Å². The standard InChI is InChI=1S/C35H61NO12/c1-16-14-35(15-43-35)32(40)19(4)27(37)18(3)22(7)46-33(41)21(6)31(47-26-13-25(42-11)28(38)23(8)45-26)20(5)30(16)48-34-29(39)24(36(9)10)12-17(2)44-34/h16-31,34,37-39H,12-15H2,1-11H3/t16-,17+,18-,19+,20+,21+,22+,23-,24-,25-,26-,27-,28-,29+,30-,31-,34?,35-/m0/s1. The molecule has 0 aromatic heterocycles. The summed E-state index contributed by atoms with van der Waals surface area (Å²) in [5.74, 6) is -3.74. The van der Waals surface area contributed by atoms with Crippen LogP contribution in [0.5, 0.6) is 0 Å². The fourth-order valence-electron chi connectivity index (χ4n) is 7.89. The van der Waals surface area contributed by atoms with E-state index >= 15 is 0 Å². The van der Waals surface area contributed by atoms with Crippen molar-refractivity contribution in [2.45, 2.75) is 154 Å². The quantitative estimate of drug-likeness (QED) is 0.274. The van der Waals surface area contributed by atoms with Gasteiger partial charge < -0.3 is 53.4 Å². The van der Waals surface area contributed by atoms with E-state index in [-0.39, 0.29) is 43.3 Å². The highest BCUT2D eigenvalue weighted by Gasteiger charge is 2.57. The monoisotopic (exact) mass is 687 g/mol. The largest absolute Gasteiger partial charge is 0.462 e. The highest BCUT2D eigenvalue weighted by atomic mass is 16.7. The average molecular weight is 688 g/mol. The number of nitrogens with zero attached hydrogens (tertiary/aromatic N) is 1. The summed E-state index contributed by atoms with van der Waals surface area (Å²) in [6, 6.07) is -0.219. The number of carbonyl (C=O) groups excluding carboxylic acids is 2. The molecule has 0 saturated carbocycles. The summed E-state index contributed by atoms with van der Waals surface area (Å²) in [4.78, 5) is 29.7. The van der Waals surface area contributed by atoms with E-state index in [0.29, 0.717) is 6.42 Å². The van der Waals surface area contributed by atoms with Gasteiger partial charge in [-0.1, -0.05) is 27.7 Å². The second-order valence-electron chi connectivity index (χ2n) is 15.3. The molecule has 0 amide bonds. The smallest absolute Gasteiger partial charge is 0.311 e. The van der Waals surface area contributed by atoms with Crippen LogP contribution in [0.3, 0.4) is 0 Å². The second kappa shape index (κ2) is 16.0. The zero-order valence-corrected chi connectivity index (χ0v) is 30.6. The number of likely N-dealkylation sites (N-methyl/N-ethyl adjacent to an activating group) is 1. The van der Waals surface area contributed by atoms with Gasteiger partial charge in [0.25, 0.3) is 0 Å². The van der Waals surface area contributed by atoms with Crippen molar-refractivity contribution in [3.05, 3.63) is 0 Å². The van der Waals surface area contributed by atoms with Crippen molar-refractivity contribution >= 4 is 11.8 Å². The van der Waals surface area contributed by atoms with E-state index in [1.54, 1.807) is 34.6 Å². The molecule has 3 N–H and O–H groups in total. The number of ether oxygens (including phenoxy) is 7. The van der Waals surface area contributed by atoms with Crippen molar-refractivity contribution in [3.8, 4) is 0 Å². The molecule has 278 valence electrons. The Bertz CT molecular complexity index is 1090. The van der Waals surface area contributed by atoms with E-state index in [1.165, 1.54) is 7.11 Å². The van der Waals surface area contributed by atoms with Crippen LogP contribution in [0, 0.1) is 29.6 Å². The molecule has 48 heavy (non-hydrogen) atoms. The number of cyclic esters (lactones) is 1. The van der Waals surface area contributed by atoms with Crippen molar-refractivity contribution in [3.63, 3.8) is 0 Å². The first-order valence-electron chi connectivity index (χ1n) is 17.7. The maximum absolute atomic E-state index is 13.9. The zero-order chi connectivity index (χ0) is 35.8. The van der Waals surface area contributed by atoms with Gasteiger partial charge in [0.2, 0.25) is 0 Å². The number of epoxide rings is 1. The van der Waals surface area contributed by atoms with Gasteiger partial charge in [0.05, 0.1) is 49.1 Å². The number of aliphatic hydroxyl groups is 3. The molecular formula is C35H61NO12. The maximum Gasteiger partial charge on any atom is 0.311 e. The van der Waals surface area contributed by atoms with Crippen molar-refractivity contribution in [1.29, 1.82) is 0 Å². The number of rotatable bonds is 6. The zero-order valence-electron chi connectivity index (χ0n) is 30.6. The number of esters is 1. The topological polar surface area (TPSA) is 166 Å². The van der Waals surface area contributed by atoms with Crippen LogP contribution in [-0.2, 0) is 42.7 Å². The molecule has 0 radical (unpaired) electrons. The van der Waals surface area contributed by atoms with Gasteiger partial charge in [-0.05, 0) is 60.5 Å². The maximum atomic E-state index is 13.9. The Labute approximate surface area is 285 Å². The molecule has 4 heterocycles. The molecule has 0 aromatic carbocycles. The molecule has 0 bridgehead atoms.